The number of benzene rings is 1. The highest BCUT2D eigenvalue weighted by molar-refractivity contribution is 7.86. The van der Waals surface area contributed by atoms with E-state index in [-0.39, 0.29) is 19.6 Å². The molecule has 0 aliphatic rings. The van der Waals surface area contributed by atoms with Crippen LogP contribution in [0.2, 0.25) is 0 Å². The van der Waals surface area contributed by atoms with E-state index in [2.05, 4.69) is 13.2 Å². The molecule has 0 aromatic heterocycles. The molecule has 0 amide bonds. The van der Waals surface area contributed by atoms with E-state index in [0.29, 0.717) is 0 Å². The lowest BCUT2D eigenvalue weighted by molar-refractivity contribution is 0.371. The largest absolute Gasteiger partial charge is 0.282 e. The van der Waals surface area contributed by atoms with Gasteiger partial charge in [0.2, 0.25) is 0 Å². The summed E-state index contributed by atoms with van der Waals surface area (Å²) < 4.78 is 39.7. The molecule has 0 aliphatic carbocycles. The van der Waals surface area contributed by atoms with Crippen molar-refractivity contribution in [3.05, 3.63) is 61.0 Å². The van der Waals surface area contributed by atoms with Crippen LogP contribution >= 0.6 is 0 Å². The van der Waals surface area contributed by atoms with Crippen molar-refractivity contribution in [2.24, 2.45) is 0 Å². The summed E-state index contributed by atoms with van der Waals surface area (Å²) in [5.41, 5.74) is 0.852. The minimum atomic E-state index is -3.76. The molecule has 110 valence electrons. The Morgan fingerprint density at radius 2 is 1.95 bits per heavy atom. The molecule has 0 atom stereocenters. The molecule has 0 N–H and O–H groups in total. The lowest BCUT2D eigenvalue weighted by atomic mass is 10.2. The highest BCUT2D eigenvalue weighted by Gasteiger charge is 2.26. The van der Waals surface area contributed by atoms with Crippen LogP contribution in [0.4, 0.5) is 4.39 Å². The number of likely N-dealkylation sites (N-methyl/N-ethyl adjacent to an activating group) is 1. The molecule has 0 unspecified atom stereocenters. The van der Waals surface area contributed by atoms with E-state index in [1.165, 1.54) is 17.4 Å². The quantitative estimate of drug-likeness (QED) is 0.691. The molecule has 0 spiro atoms. The average Bonchev–Trinajstić information content (AvgIpc) is 2.38. The molecule has 0 heterocycles. The fourth-order valence-electron chi connectivity index (χ4n) is 1.69. The zero-order valence-electron chi connectivity index (χ0n) is 11.5. The van der Waals surface area contributed by atoms with Gasteiger partial charge in [0.1, 0.15) is 5.83 Å². The smallest absolute Gasteiger partial charge is 0.211 e. The van der Waals surface area contributed by atoms with E-state index in [9.17, 15) is 12.8 Å². The van der Waals surface area contributed by atoms with Crippen LogP contribution in [0.15, 0.2) is 55.4 Å². The Morgan fingerprint density at radius 3 is 2.45 bits per heavy atom. The number of hydrogen-bond acceptors (Lipinski definition) is 2. The maximum Gasteiger partial charge on any atom is 0.282 e. The minimum absolute atomic E-state index is 0.153. The third-order valence-electron chi connectivity index (χ3n) is 2.65. The van der Waals surface area contributed by atoms with E-state index in [1.807, 2.05) is 30.3 Å². The Bertz CT molecular complexity index is 558. The van der Waals surface area contributed by atoms with E-state index < -0.39 is 16.0 Å². The Kier molecular flexibility index (Phi) is 6.06. The fraction of sp³-hybridized carbons (Fsp3) is 0.286. The molecule has 1 aromatic carbocycles. The van der Waals surface area contributed by atoms with Gasteiger partial charge in [0.25, 0.3) is 10.2 Å². The summed E-state index contributed by atoms with van der Waals surface area (Å²) in [6.45, 7) is 6.65. The van der Waals surface area contributed by atoms with Gasteiger partial charge in [-0.15, -0.1) is 6.58 Å². The summed E-state index contributed by atoms with van der Waals surface area (Å²) in [6.07, 6.45) is 1.50. The van der Waals surface area contributed by atoms with E-state index in [0.717, 1.165) is 9.87 Å². The van der Waals surface area contributed by atoms with Gasteiger partial charge < -0.3 is 0 Å². The first kappa shape index (κ1) is 16.6. The molecule has 0 aliphatic heterocycles. The molecule has 1 rings (SSSR count). The van der Waals surface area contributed by atoms with Gasteiger partial charge in [-0.25, -0.2) is 4.39 Å². The van der Waals surface area contributed by atoms with Gasteiger partial charge in [-0.3, -0.25) is 0 Å². The van der Waals surface area contributed by atoms with Gasteiger partial charge in [0, 0.05) is 20.1 Å². The van der Waals surface area contributed by atoms with Crippen molar-refractivity contribution in [2.75, 3.05) is 20.1 Å². The molecule has 4 nitrogen and oxygen atoms in total. The second-order valence-corrected chi connectivity index (χ2v) is 6.38. The van der Waals surface area contributed by atoms with Crippen LogP contribution in [-0.4, -0.2) is 37.2 Å². The lowest BCUT2D eigenvalue weighted by Gasteiger charge is -2.26. The van der Waals surface area contributed by atoms with Crippen LogP contribution in [0.3, 0.4) is 0 Å². The maximum absolute atomic E-state index is 12.8. The van der Waals surface area contributed by atoms with Gasteiger partial charge >= 0.3 is 0 Å². The Morgan fingerprint density at radius 1 is 1.35 bits per heavy atom. The van der Waals surface area contributed by atoms with Gasteiger partial charge in [-0.1, -0.05) is 43.0 Å². The first-order valence-corrected chi connectivity index (χ1v) is 7.47. The van der Waals surface area contributed by atoms with Crippen molar-refractivity contribution >= 4 is 10.2 Å². The summed E-state index contributed by atoms with van der Waals surface area (Å²) >= 11 is 0. The second-order valence-electron chi connectivity index (χ2n) is 4.35. The zero-order valence-corrected chi connectivity index (χ0v) is 12.3. The maximum atomic E-state index is 12.8. The zero-order chi connectivity index (χ0) is 15.2. The van der Waals surface area contributed by atoms with Crippen LogP contribution in [0.5, 0.6) is 0 Å². The number of hydrogen-bond donors (Lipinski definition) is 0. The molecule has 6 heteroatoms. The van der Waals surface area contributed by atoms with Crippen LogP contribution < -0.4 is 0 Å². The highest BCUT2D eigenvalue weighted by Crippen LogP contribution is 2.13. The highest BCUT2D eigenvalue weighted by atomic mass is 32.2. The fourth-order valence-corrected chi connectivity index (χ4v) is 3.00. The Hall–Kier alpha value is -1.50. The SMILES string of the molecule is C=CCN(Cc1ccccc1)S(=O)(=O)N(C)CC(=C)F. The number of rotatable bonds is 8. The molecule has 0 radical (unpaired) electrons. The minimum Gasteiger partial charge on any atom is -0.211 e. The molecule has 0 fully saturated rings. The standard InChI is InChI=1S/C14H19FN2O2S/c1-4-10-17(12-14-8-6-5-7-9-14)20(18,19)16(3)11-13(2)15/h4-9H,1-2,10-12H2,3H3. The molecular weight excluding hydrogens is 279 g/mol. The second kappa shape index (κ2) is 7.33. The van der Waals surface area contributed by atoms with Gasteiger partial charge in [-0.05, 0) is 5.56 Å². The molecule has 1 aromatic rings. The van der Waals surface area contributed by atoms with Crippen LogP contribution in [0.25, 0.3) is 0 Å². The van der Waals surface area contributed by atoms with Gasteiger partial charge in [0.15, 0.2) is 0 Å². The van der Waals surface area contributed by atoms with Crippen LogP contribution in [0, 0.1) is 0 Å². The summed E-state index contributed by atoms with van der Waals surface area (Å²) in [4.78, 5) is 0. The van der Waals surface area contributed by atoms with Crippen molar-refractivity contribution in [1.29, 1.82) is 0 Å². The monoisotopic (exact) mass is 298 g/mol. The topological polar surface area (TPSA) is 40.6 Å². The van der Waals surface area contributed by atoms with E-state index in [1.54, 1.807) is 0 Å². The molecule has 0 saturated heterocycles. The predicted molar refractivity (Wildman–Crippen MR) is 78.8 cm³/mol. The summed E-state index contributed by atoms with van der Waals surface area (Å²) in [5.74, 6) is -0.700. The van der Waals surface area contributed by atoms with E-state index >= 15 is 0 Å². The number of halogens is 1. The van der Waals surface area contributed by atoms with Crippen molar-refractivity contribution in [2.45, 2.75) is 6.54 Å². The molecule has 0 bridgehead atoms. The lowest BCUT2D eigenvalue weighted by Crippen LogP contribution is -2.42. The van der Waals surface area contributed by atoms with Gasteiger partial charge in [0.05, 0.1) is 6.54 Å². The Labute approximate surface area is 120 Å². The normalized spacial score (nSPS) is 11.8. The average molecular weight is 298 g/mol. The molecular formula is C14H19FN2O2S. The number of nitrogens with zero attached hydrogens (tertiary/aromatic N) is 2. The third-order valence-corrected chi connectivity index (χ3v) is 4.50. The van der Waals surface area contributed by atoms with Gasteiger partial charge in [-0.2, -0.15) is 17.0 Å². The van der Waals surface area contributed by atoms with Crippen LogP contribution in [-0.2, 0) is 16.8 Å². The van der Waals surface area contributed by atoms with E-state index in [4.69, 9.17) is 0 Å². The third kappa shape index (κ3) is 4.56. The van der Waals surface area contributed by atoms with Crippen LogP contribution in [0.1, 0.15) is 5.56 Å². The molecule has 20 heavy (non-hydrogen) atoms. The summed E-state index contributed by atoms with van der Waals surface area (Å²) in [5, 5.41) is 0. The van der Waals surface area contributed by atoms with Crippen molar-refractivity contribution < 1.29 is 12.8 Å². The Balaban J connectivity index is 2.94. The summed E-state index contributed by atoms with van der Waals surface area (Å²) in [6, 6.07) is 9.19. The van der Waals surface area contributed by atoms with Crippen molar-refractivity contribution in [3.63, 3.8) is 0 Å². The van der Waals surface area contributed by atoms with Crippen molar-refractivity contribution in [3.8, 4) is 0 Å². The predicted octanol–water partition coefficient (Wildman–Crippen LogP) is 2.33. The molecule has 0 saturated carbocycles. The van der Waals surface area contributed by atoms with Crippen molar-refractivity contribution in [1.82, 2.24) is 8.61 Å². The summed E-state index contributed by atoms with van der Waals surface area (Å²) in [7, 11) is -2.44. The first-order valence-electron chi connectivity index (χ1n) is 6.07. The first-order chi connectivity index (χ1) is 9.37.